The van der Waals surface area contributed by atoms with Gasteiger partial charge in [-0.05, 0) is 23.7 Å². The maximum absolute atomic E-state index is 4.93. The van der Waals surface area contributed by atoms with E-state index in [1.54, 1.807) is 0 Å². The van der Waals surface area contributed by atoms with Gasteiger partial charge in [-0.25, -0.2) is 0 Å². The molecular weight excluding hydrogens is 595 g/mol. The number of rotatable bonds is 5. The summed E-state index contributed by atoms with van der Waals surface area (Å²) in [5.74, 6) is 2.42. The Balaban J connectivity index is 0.000000316. The molecule has 0 nitrogen and oxygen atoms in total. The van der Waals surface area contributed by atoms with Gasteiger partial charge < -0.3 is 6.42 Å². The number of fused-ring (bicyclic) bond motifs is 2. The molecule has 4 rings (SSSR count). The molecule has 0 heterocycles. The molecule has 4 aromatic rings. The molecule has 0 spiro atoms. The van der Waals surface area contributed by atoms with E-state index in [2.05, 4.69) is 138 Å². The summed E-state index contributed by atoms with van der Waals surface area (Å²) in [5.41, 5.74) is 8.66. The number of aryl methyl sites for hydroxylation is 2. The second-order valence-electron chi connectivity index (χ2n) is 11.8. The summed E-state index contributed by atoms with van der Waals surface area (Å²) in [5, 5.41) is 5.70. The van der Waals surface area contributed by atoms with E-state index in [9.17, 15) is 0 Å². The van der Waals surface area contributed by atoms with E-state index in [0.717, 1.165) is 0 Å². The Morgan fingerprint density at radius 3 is 1.18 bits per heavy atom. The predicted octanol–water partition coefficient (Wildman–Crippen LogP) is 13.2. The van der Waals surface area contributed by atoms with Crippen LogP contribution in [0.5, 0.6) is 0 Å². The quantitative estimate of drug-likeness (QED) is 0.189. The zero-order valence-electron chi connectivity index (χ0n) is 26.5. The molecule has 0 amide bonds. The van der Waals surface area contributed by atoms with E-state index in [0.29, 0.717) is 23.7 Å². The molecule has 0 N–H and O–H groups in total. The van der Waals surface area contributed by atoms with Crippen LogP contribution in [0.1, 0.15) is 133 Å². The van der Waals surface area contributed by atoms with Crippen LogP contribution in [0.2, 0.25) is 0 Å². The molecule has 0 fully saturated rings. The third-order valence-electron chi connectivity index (χ3n) is 7.03. The van der Waals surface area contributed by atoms with E-state index < -0.39 is 20.8 Å². The van der Waals surface area contributed by atoms with E-state index in [4.69, 9.17) is 17.0 Å². The Morgan fingerprint density at radius 1 is 0.641 bits per heavy atom. The van der Waals surface area contributed by atoms with E-state index in [-0.39, 0.29) is 0 Å². The Morgan fingerprint density at radius 2 is 0.949 bits per heavy atom. The van der Waals surface area contributed by atoms with Crippen molar-refractivity contribution in [2.24, 2.45) is 0 Å². The van der Waals surface area contributed by atoms with Gasteiger partial charge in [0.05, 0.1) is 0 Å². The van der Waals surface area contributed by atoms with Gasteiger partial charge in [0.1, 0.15) is 0 Å². The molecule has 39 heavy (non-hydrogen) atoms. The Hall–Kier alpha value is -0.877. The molecule has 0 atom stereocenters. The van der Waals surface area contributed by atoms with Gasteiger partial charge in [-0.1, -0.05) is 111 Å². The van der Waals surface area contributed by atoms with Crippen LogP contribution in [-0.4, -0.2) is 0 Å². The summed E-state index contributed by atoms with van der Waals surface area (Å²) < 4.78 is 0. The van der Waals surface area contributed by atoms with Crippen molar-refractivity contribution in [1.29, 1.82) is 0 Å². The molecule has 0 saturated carbocycles. The summed E-state index contributed by atoms with van der Waals surface area (Å²) in [7, 11) is 9.87. The minimum atomic E-state index is -0.826. The van der Waals surface area contributed by atoms with Crippen LogP contribution < -0.4 is 0 Å². The van der Waals surface area contributed by atoms with Crippen molar-refractivity contribution in [1.82, 2.24) is 0 Å². The number of hydrogen-bond donors (Lipinski definition) is 0. The van der Waals surface area contributed by atoms with Crippen LogP contribution in [0.25, 0.3) is 21.5 Å². The molecule has 0 unspecified atom stereocenters. The van der Waals surface area contributed by atoms with Gasteiger partial charge in [-0.3, -0.25) is 0 Å². The van der Waals surface area contributed by atoms with Gasteiger partial charge in [0.2, 0.25) is 0 Å². The first-order chi connectivity index (χ1) is 18.3. The molecular formula is C36H51Cl2Zr-3. The van der Waals surface area contributed by atoms with Crippen molar-refractivity contribution in [2.75, 3.05) is 0 Å². The van der Waals surface area contributed by atoms with Crippen molar-refractivity contribution >= 4 is 38.6 Å². The van der Waals surface area contributed by atoms with Crippen LogP contribution >= 0.6 is 17.0 Å². The number of hydrogen-bond acceptors (Lipinski definition) is 0. The topological polar surface area (TPSA) is 0 Å². The van der Waals surface area contributed by atoms with E-state index >= 15 is 0 Å². The molecule has 0 aliphatic heterocycles. The predicted molar refractivity (Wildman–Crippen MR) is 177 cm³/mol. The first-order valence-corrected chi connectivity index (χ1v) is 20.8. The Bertz CT molecular complexity index is 1160. The summed E-state index contributed by atoms with van der Waals surface area (Å²) in [6.45, 7) is 26.7. The Labute approximate surface area is 259 Å². The normalized spacial score (nSPS) is 10.9. The average molecular weight is 646 g/mol. The summed E-state index contributed by atoms with van der Waals surface area (Å²) >= 11 is -0.826. The standard InChI is InChI=1S/2C16H21.C4H9.2ClH.Zr/c2*1-10(2)13-8-14-6-12(5)7-16(14)15(9-13)11(3)4;1-3-4-2;;;/h2*6-11H,1-5H3;3H,4H2,1-2H3;2*1H;/q3*-1;;;+2/p-2. The second-order valence-corrected chi connectivity index (χ2v) is 15.5. The van der Waals surface area contributed by atoms with Gasteiger partial charge in [-0.2, -0.15) is 25.5 Å². The first-order valence-electron chi connectivity index (χ1n) is 14.5. The zero-order chi connectivity index (χ0) is 29.9. The molecule has 3 heteroatoms. The average Bonchev–Trinajstić information content (AvgIpc) is 3.43. The van der Waals surface area contributed by atoms with Crippen LogP contribution in [0, 0.1) is 20.3 Å². The van der Waals surface area contributed by atoms with Gasteiger partial charge in [-0.15, -0.1) is 56.9 Å². The van der Waals surface area contributed by atoms with E-state index in [1.165, 1.54) is 61.3 Å². The molecule has 0 aliphatic carbocycles. The van der Waals surface area contributed by atoms with Crippen molar-refractivity contribution in [3.05, 3.63) is 88.3 Å². The zero-order valence-corrected chi connectivity index (χ0v) is 30.4. The fraction of sp³-hybridized carbons (Fsp3) is 0.472. The molecule has 0 bridgehead atoms. The van der Waals surface area contributed by atoms with Crippen LogP contribution in [0.4, 0.5) is 0 Å². The van der Waals surface area contributed by atoms with Gasteiger partial charge >= 0.3 is 37.9 Å². The van der Waals surface area contributed by atoms with Crippen molar-refractivity contribution < 1.29 is 20.8 Å². The third kappa shape index (κ3) is 11.1. The third-order valence-corrected chi connectivity index (χ3v) is 7.03. The number of unbranched alkanes of at least 4 members (excludes halogenated alkanes) is 1. The van der Waals surface area contributed by atoms with Crippen LogP contribution in [-0.2, 0) is 20.8 Å². The Kier molecular flexibility index (Phi) is 16.5. The van der Waals surface area contributed by atoms with Gasteiger partial charge in [0.25, 0.3) is 0 Å². The molecule has 216 valence electrons. The molecule has 0 aromatic heterocycles. The van der Waals surface area contributed by atoms with Crippen molar-refractivity contribution in [2.45, 2.75) is 113 Å². The maximum atomic E-state index is 4.93. The minimum absolute atomic E-state index is 0.600. The van der Waals surface area contributed by atoms with Crippen molar-refractivity contribution in [3.8, 4) is 0 Å². The van der Waals surface area contributed by atoms with E-state index in [1.807, 2.05) is 0 Å². The van der Waals surface area contributed by atoms with Gasteiger partial charge in [0.15, 0.2) is 0 Å². The fourth-order valence-electron chi connectivity index (χ4n) is 4.67. The molecule has 4 aromatic carbocycles. The molecule has 0 aliphatic rings. The summed E-state index contributed by atoms with van der Waals surface area (Å²) in [6, 6.07) is 18.7. The van der Waals surface area contributed by atoms with Gasteiger partial charge in [0, 0.05) is 0 Å². The number of benzene rings is 2. The van der Waals surface area contributed by atoms with Crippen molar-refractivity contribution in [3.63, 3.8) is 0 Å². The SMILES string of the molecule is C[CH-]CC.Cc1cc2c(C(C)C)cc(C(C)C)cc2[cH-]1.Cc1cc2c(C(C)C)cc(C(C)C)cc2[cH-]1.[Cl][Zr][Cl]. The molecule has 0 saturated heterocycles. The summed E-state index contributed by atoms with van der Waals surface area (Å²) in [4.78, 5) is 0. The fourth-order valence-corrected chi connectivity index (χ4v) is 4.67. The van der Waals surface area contributed by atoms with Crippen LogP contribution in [0.3, 0.4) is 0 Å². The monoisotopic (exact) mass is 643 g/mol. The van der Waals surface area contributed by atoms with Crippen LogP contribution in [0.15, 0.2) is 48.5 Å². The molecule has 0 radical (unpaired) electrons. The summed E-state index contributed by atoms with van der Waals surface area (Å²) in [6.07, 6.45) is 3.32. The number of halogens is 2. The first kappa shape index (κ1) is 36.1. The second kappa shape index (κ2) is 17.8.